The standard InChI is InChI=1S/C15H21FO4S/c1-12-3-4-13(14(16)9-12)10-21(17,18)11-15(19-2)5-7-20-8-6-15/h3-4,9H,5-8,10-11H2,1-2H3. The fourth-order valence-electron chi connectivity index (χ4n) is 2.61. The van der Waals surface area contributed by atoms with Crippen LogP contribution in [0.5, 0.6) is 0 Å². The number of halogens is 1. The topological polar surface area (TPSA) is 52.6 Å². The van der Waals surface area contributed by atoms with Crippen LogP contribution in [0.1, 0.15) is 24.0 Å². The van der Waals surface area contributed by atoms with E-state index in [1.807, 2.05) is 0 Å². The zero-order valence-electron chi connectivity index (χ0n) is 12.4. The summed E-state index contributed by atoms with van der Waals surface area (Å²) in [7, 11) is -1.94. The van der Waals surface area contributed by atoms with Crippen LogP contribution < -0.4 is 0 Å². The summed E-state index contributed by atoms with van der Waals surface area (Å²) in [4.78, 5) is 0. The van der Waals surface area contributed by atoms with Crippen molar-refractivity contribution < 1.29 is 22.3 Å². The lowest BCUT2D eigenvalue weighted by Gasteiger charge is -2.35. The highest BCUT2D eigenvalue weighted by atomic mass is 32.2. The minimum Gasteiger partial charge on any atom is -0.381 e. The Kier molecular flexibility index (Phi) is 5.01. The zero-order chi connectivity index (χ0) is 15.5. The summed E-state index contributed by atoms with van der Waals surface area (Å²) in [6.07, 6.45) is 1.08. The maximum atomic E-state index is 13.8. The van der Waals surface area contributed by atoms with Gasteiger partial charge in [0, 0.05) is 38.7 Å². The normalized spacial score (nSPS) is 18.6. The van der Waals surface area contributed by atoms with Gasteiger partial charge in [-0.3, -0.25) is 0 Å². The fraction of sp³-hybridized carbons (Fsp3) is 0.600. The van der Waals surface area contributed by atoms with E-state index in [4.69, 9.17) is 9.47 Å². The first-order chi connectivity index (χ1) is 9.86. The molecule has 0 N–H and O–H groups in total. The van der Waals surface area contributed by atoms with Gasteiger partial charge >= 0.3 is 0 Å². The molecule has 0 saturated carbocycles. The van der Waals surface area contributed by atoms with Gasteiger partial charge in [0.2, 0.25) is 0 Å². The molecule has 1 aromatic rings. The summed E-state index contributed by atoms with van der Waals surface area (Å²) in [5.74, 6) is -0.879. The molecule has 4 nitrogen and oxygen atoms in total. The second-order valence-corrected chi connectivity index (χ2v) is 7.69. The molecule has 2 rings (SSSR count). The highest BCUT2D eigenvalue weighted by molar-refractivity contribution is 7.90. The van der Waals surface area contributed by atoms with Gasteiger partial charge in [-0.05, 0) is 18.6 Å². The highest BCUT2D eigenvalue weighted by Gasteiger charge is 2.37. The van der Waals surface area contributed by atoms with Crippen molar-refractivity contribution in [1.29, 1.82) is 0 Å². The summed E-state index contributed by atoms with van der Waals surface area (Å²) in [6, 6.07) is 4.60. The Morgan fingerprint density at radius 1 is 1.33 bits per heavy atom. The van der Waals surface area contributed by atoms with Crippen LogP contribution in [0.25, 0.3) is 0 Å². The maximum Gasteiger partial charge on any atom is 0.157 e. The van der Waals surface area contributed by atoms with Gasteiger partial charge in [-0.2, -0.15) is 0 Å². The van der Waals surface area contributed by atoms with E-state index in [2.05, 4.69) is 0 Å². The summed E-state index contributed by atoms with van der Waals surface area (Å²) in [6.45, 7) is 2.74. The largest absolute Gasteiger partial charge is 0.381 e. The van der Waals surface area contributed by atoms with Gasteiger partial charge in [-0.15, -0.1) is 0 Å². The number of hydrogen-bond acceptors (Lipinski definition) is 4. The summed E-state index contributed by atoms with van der Waals surface area (Å²) in [5.41, 5.74) is 0.267. The van der Waals surface area contributed by atoms with Crippen molar-refractivity contribution in [1.82, 2.24) is 0 Å². The summed E-state index contributed by atoms with van der Waals surface area (Å²) < 4.78 is 49.3. The molecule has 1 aliphatic heterocycles. The fourth-order valence-corrected chi connectivity index (χ4v) is 4.63. The quantitative estimate of drug-likeness (QED) is 0.836. The summed E-state index contributed by atoms with van der Waals surface area (Å²) >= 11 is 0. The molecule has 0 radical (unpaired) electrons. The predicted octanol–water partition coefficient (Wildman–Crippen LogP) is 2.24. The minimum atomic E-state index is -3.46. The Hall–Kier alpha value is -0.980. The number of ether oxygens (including phenoxy) is 2. The second-order valence-electron chi connectivity index (χ2n) is 5.63. The molecule has 0 aromatic heterocycles. The molecule has 21 heavy (non-hydrogen) atoms. The van der Waals surface area contributed by atoms with Crippen LogP contribution in [0.2, 0.25) is 0 Å². The molecular weight excluding hydrogens is 295 g/mol. The first kappa shape index (κ1) is 16.4. The molecule has 6 heteroatoms. The predicted molar refractivity (Wildman–Crippen MR) is 78.4 cm³/mol. The minimum absolute atomic E-state index is 0.104. The van der Waals surface area contributed by atoms with E-state index in [1.54, 1.807) is 13.0 Å². The molecule has 1 aromatic carbocycles. The summed E-state index contributed by atoms with van der Waals surface area (Å²) in [5, 5.41) is 0. The monoisotopic (exact) mass is 316 g/mol. The van der Waals surface area contributed by atoms with Crippen molar-refractivity contribution in [3.05, 3.63) is 35.1 Å². The average molecular weight is 316 g/mol. The highest BCUT2D eigenvalue weighted by Crippen LogP contribution is 2.27. The lowest BCUT2D eigenvalue weighted by Crippen LogP contribution is -2.44. The van der Waals surface area contributed by atoms with Crippen LogP contribution >= 0.6 is 0 Å². The van der Waals surface area contributed by atoms with Crippen LogP contribution in [0.4, 0.5) is 4.39 Å². The van der Waals surface area contributed by atoms with Gasteiger partial charge in [0.1, 0.15) is 5.82 Å². The Morgan fingerprint density at radius 3 is 2.57 bits per heavy atom. The molecule has 0 bridgehead atoms. The van der Waals surface area contributed by atoms with E-state index in [1.165, 1.54) is 19.2 Å². The SMILES string of the molecule is COC1(CS(=O)(=O)Cc2ccc(C)cc2F)CCOCC1. The average Bonchev–Trinajstić information content (AvgIpc) is 2.42. The molecule has 1 fully saturated rings. The third-order valence-corrected chi connectivity index (χ3v) is 5.62. The van der Waals surface area contributed by atoms with Gasteiger partial charge in [0.05, 0.1) is 17.1 Å². The van der Waals surface area contributed by atoms with Crippen molar-refractivity contribution >= 4 is 9.84 Å². The van der Waals surface area contributed by atoms with E-state index < -0.39 is 21.3 Å². The van der Waals surface area contributed by atoms with E-state index in [-0.39, 0.29) is 17.1 Å². The van der Waals surface area contributed by atoms with Gasteiger partial charge in [0.15, 0.2) is 9.84 Å². The first-order valence-corrected chi connectivity index (χ1v) is 8.76. The lowest BCUT2D eigenvalue weighted by atomic mass is 9.97. The van der Waals surface area contributed by atoms with Crippen molar-refractivity contribution in [3.8, 4) is 0 Å². The van der Waals surface area contributed by atoms with E-state index >= 15 is 0 Å². The number of methoxy groups -OCH3 is 1. The number of aryl methyl sites for hydroxylation is 1. The van der Waals surface area contributed by atoms with Crippen LogP contribution in [-0.2, 0) is 25.1 Å². The molecule has 0 aliphatic carbocycles. The number of sulfone groups is 1. The zero-order valence-corrected chi connectivity index (χ0v) is 13.2. The van der Waals surface area contributed by atoms with Crippen LogP contribution in [0.15, 0.2) is 18.2 Å². The van der Waals surface area contributed by atoms with Crippen molar-refractivity contribution in [3.63, 3.8) is 0 Å². The van der Waals surface area contributed by atoms with Gasteiger partial charge in [-0.25, -0.2) is 12.8 Å². The smallest absolute Gasteiger partial charge is 0.157 e. The van der Waals surface area contributed by atoms with Crippen LogP contribution in [-0.4, -0.2) is 40.1 Å². The molecule has 1 saturated heterocycles. The van der Waals surface area contributed by atoms with Gasteiger partial charge in [-0.1, -0.05) is 12.1 Å². The van der Waals surface area contributed by atoms with Gasteiger partial charge in [0.25, 0.3) is 0 Å². The van der Waals surface area contributed by atoms with E-state index in [0.29, 0.717) is 26.1 Å². The molecule has 1 aliphatic rings. The number of rotatable bonds is 5. The second kappa shape index (κ2) is 6.42. The Balaban J connectivity index is 2.14. The Labute approximate surface area is 125 Å². The maximum absolute atomic E-state index is 13.8. The van der Waals surface area contributed by atoms with E-state index in [9.17, 15) is 12.8 Å². The molecule has 0 unspecified atom stereocenters. The van der Waals surface area contributed by atoms with Crippen molar-refractivity contribution in [2.24, 2.45) is 0 Å². The van der Waals surface area contributed by atoms with Crippen molar-refractivity contribution in [2.45, 2.75) is 31.1 Å². The molecule has 1 heterocycles. The molecule has 0 atom stereocenters. The lowest BCUT2D eigenvalue weighted by molar-refractivity contribution is -0.0750. The molecule has 0 amide bonds. The van der Waals surface area contributed by atoms with Crippen LogP contribution in [0, 0.1) is 12.7 Å². The van der Waals surface area contributed by atoms with Gasteiger partial charge < -0.3 is 9.47 Å². The first-order valence-electron chi connectivity index (χ1n) is 6.94. The Bertz CT molecular complexity index is 592. The number of benzene rings is 1. The van der Waals surface area contributed by atoms with Crippen molar-refractivity contribution in [2.75, 3.05) is 26.1 Å². The Morgan fingerprint density at radius 2 is 2.00 bits per heavy atom. The third-order valence-electron chi connectivity index (χ3n) is 3.90. The molecule has 0 spiro atoms. The number of hydrogen-bond donors (Lipinski definition) is 0. The third kappa shape index (κ3) is 4.25. The van der Waals surface area contributed by atoms with Crippen LogP contribution in [0.3, 0.4) is 0 Å². The molecular formula is C15H21FO4S. The molecule has 118 valence electrons. The van der Waals surface area contributed by atoms with E-state index in [0.717, 1.165) is 5.56 Å².